The van der Waals surface area contributed by atoms with Crippen LogP contribution >= 0.6 is 11.6 Å². The lowest BCUT2D eigenvalue weighted by Crippen LogP contribution is -2.33. The van der Waals surface area contributed by atoms with E-state index < -0.39 is 4.92 Å². The summed E-state index contributed by atoms with van der Waals surface area (Å²) in [7, 11) is 2.97. The van der Waals surface area contributed by atoms with E-state index in [1.807, 2.05) is 0 Å². The Morgan fingerprint density at radius 3 is 2.88 bits per heavy atom. The lowest BCUT2D eigenvalue weighted by molar-refractivity contribution is -0.384. The minimum absolute atomic E-state index is 0.00130. The van der Waals surface area contributed by atoms with Crippen LogP contribution < -0.4 is 10.2 Å². The van der Waals surface area contributed by atoms with Crippen LogP contribution in [-0.2, 0) is 4.79 Å². The smallest absolute Gasteiger partial charge is 0.329 e. The number of anilines is 1. The number of rotatable bonds is 4. The van der Waals surface area contributed by atoms with Gasteiger partial charge in [0.05, 0.1) is 11.5 Å². The maximum absolute atomic E-state index is 11.2. The molecule has 0 bridgehead atoms. The van der Waals surface area contributed by atoms with Gasteiger partial charge in [-0.05, 0) is 11.6 Å². The normalized spacial score (nSPS) is 9.82. The largest absolute Gasteiger partial charge is 0.358 e. The Balaban J connectivity index is 3.06. The molecule has 17 heavy (non-hydrogen) atoms. The van der Waals surface area contributed by atoms with E-state index in [1.54, 1.807) is 0 Å². The van der Waals surface area contributed by atoms with Crippen molar-refractivity contribution < 1.29 is 9.72 Å². The Bertz CT molecular complexity index is 453. The van der Waals surface area contributed by atoms with Gasteiger partial charge in [-0.2, -0.15) is 4.98 Å². The highest BCUT2D eigenvalue weighted by atomic mass is 35.5. The highest BCUT2D eigenvalue weighted by Gasteiger charge is 2.21. The summed E-state index contributed by atoms with van der Waals surface area (Å²) < 4.78 is 0. The first kappa shape index (κ1) is 13.1. The van der Waals surface area contributed by atoms with Crippen molar-refractivity contribution in [2.24, 2.45) is 0 Å². The zero-order valence-corrected chi connectivity index (χ0v) is 9.93. The van der Waals surface area contributed by atoms with Crippen LogP contribution in [0.4, 0.5) is 11.5 Å². The van der Waals surface area contributed by atoms with Gasteiger partial charge in [0.15, 0.2) is 0 Å². The van der Waals surface area contributed by atoms with Crippen molar-refractivity contribution in [2.75, 3.05) is 25.5 Å². The van der Waals surface area contributed by atoms with Gasteiger partial charge in [-0.1, -0.05) is 0 Å². The third-order valence-corrected chi connectivity index (χ3v) is 2.12. The Labute approximate surface area is 102 Å². The predicted molar refractivity (Wildman–Crippen MR) is 61.0 cm³/mol. The summed E-state index contributed by atoms with van der Waals surface area (Å²) in [6, 6.07) is 0. The number of nitrogens with one attached hydrogen (secondary N) is 1. The molecule has 1 N–H and O–H groups in total. The van der Waals surface area contributed by atoms with Crippen LogP contribution in [0.3, 0.4) is 0 Å². The van der Waals surface area contributed by atoms with Crippen molar-refractivity contribution in [2.45, 2.75) is 0 Å². The standard InChI is InChI=1S/C8H10ClN5O3/c1-10-6(15)4-13(2)7-5(14(16)17)3-11-8(9)12-7/h3H,4H2,1-2H3,(H,10,15). The molecule has 0 radical (unpaired) electrons. The van der Waals surface area contributed by atoms with Crippen molar-refractivity contribution in [3.63, 3.8) is 0 Å². The molecule has 1 aromatic rings. The van der Waals surface area contributed by atoms with Crippen LogP contribution in [0.5, 0.6) is 0 Å². The number of amides is 1. The summed E-state index contributed by atoms with van der Waals surface area (Å²) >= 11 is 5.56. The second-order valence-electron chi connectivity index (χ2n) is 3.13. The Kier molecular flexibility index (Phi) is 4.16. The van der Waals surface area contributed by atoms with Crippen LogP contribution in [0.2, 0.25) is 5.28 Å². The van der Waals surface area contributed by atoms with Gasteiger partial charge in [-0.25, -0.2) is 4.98 Å². The molecule has 0 atom stereocenters. The minimum atomic E-state index is -0.633. The molecule has 1 rings (SSSR count). The molecule has 0 aromatic carbocycles. The second-order valence-corrected chi connectivity index (χ2v) is 3.47. The second kappa shape index (κ2) is 5.39. The molecule has 0 fully saturated rings. The number of likely N-dealkylation sites (N-methyl/N-ethyl adjacent to an activating group) is 2. The maximum Gasteiger partial charge on any atom is 0.329 e. The number of hydrogen-bond acceptors (Lipinski definition) is 6. The summed E-state index contributed by atoms with van der Waals surface area (Å²) in [5.74, 6) is -0.296. The van der Waals surface area contributed by atoms with E-state index in [1.165, 1.54) is 19.0 Å². The van der Waals surface area contributed by atoms with Gasteiger partial charge < -0.3 is 10.2 Å². The number of aromatic nitrogens is 2. The highest BCUT2D eigenvalue weighted by Crippen LogP contribution is 2.24. The molecule has 1 heterocycles. The maximum atomic E-state index is 11.2. The monoisotopic (exact) mass is 259 g/mol. The summed E-state index contributed by atoms with van der Waals surface area (Å²) in [6.07, 6.45) is 1.00. The average molecular weight is 260 g/mol. The number of nitro groups is 1. The van der Waals surface area contributed by atoms with E-state index >= 15 is 0 Å². The number of carbonyl (C=O) groups is 1. The first-order valence-electron chi connectivity index (χ1n) is 4.54. The van der Waals surface area contributed by atoms with E-state index in [4.69, 9.17) is 11.6 Å². The Hall–Kier alpha value is -1.96. The summed E-state index contributed by atoms with van der Waals surface area (Å²) in [6.45, 7) is -0.0648. The molecule has 9 heteroatoms. The fourth-order valence-electron chi connectivity index (χ4n) is 1.12. The molecule has 8 nitrogen and oxygen atoms in total. The van der Waals surface area contributed by atoms with Gasteiger partial charge in [0, 0.05) is 14.1 Å². The molecule has 0 spiro atoms. The third kappa shape index (κ3) is 3.25. The minimum Gasteiger partial charge on any atom is -0.358 e. The topological polar surface area (TPSA) is 101 Å². The zero-order valence-electron chi connectivity index (χ0n) is 9.18. The van der Waals surface area contributed by atoms with Crippen molar-refractivity contribution in [1.29, 1.82) is 0 Å². The lowest BCUT2D eigenvalue weighted by atomic mass is 10.4. The van der Waals surface area contributed by atoms with Crippen LogP contribution in [0.25, 0.3) is 0 Å². The third-order valence-electron chi connectivity index (χ3n) is 1.94. The van der Waals surface area contributed by atoms with Crippen LogP contribution in [0, 0.1) is 10.1 Å². The van der Waals surface area contributed by atoms with Crippen molar-refractivity contribution in [1.82, 2.24) is 15.3 Å². The molecule has 0 saturated carbocycles. The molecule has 0 unspecified atom stereocenters. The molecule has 0 aliphatic rings. The number of hydrogen-bond donors (Lipinski definition) is 1. The highest BCUT2D eigenvalue weighted by molar-refractivity contribution is 6.28. The summed E-state index contributed by atoms with van der Waals surface area (Å²) in [5.41, 5.74) is -0.305. The van der Waals surface area contributed by atoms with Crippen LogP contribution in [0.1, 0.15) is 0 Å². The molecule has 92 valence electrons. The first-order valence-corrected chi connectivity index (χ1v) is 4.92. The van der Waals surface area contributed by atoms with Crippen molar-refractivity contribution in [3.8, 4) is 0 Å². The number of halogens is 1. The Morgan fingerprint density at radius 1 is 1.71 bits per heavy atom. The van der Waals surface area contributed by atoms with Gasteiger partial charge in [-0.3, -0.25) is 14.9 Å². The van der Waals surface area contributed by atoms with Crippen LogP contribution in [-0.4, -0.2) is 41.4 Å². The van der Waals surface area contributed by atoms with E-state index in [2.05, 4.69) is 15.3 Å². The van der Waals surface area contributed by atoms with E-state index in [9.17, 15) is 14.9 Å². The van der Waals surface area contributed by atoms with Gasteiger partial charge in [-0.15, -0.1) is 0 Å². The van der Waals surface area contributed by atoms with Crippen LogP contribution in [0.15, 0.2) is 6.20 Å². The predicted octanol–water partition coefficient (Wildman–Crippen LogP) is 0.220. The zero-order chi connectivity index (χ0) is 13.0. The molecule has 0 aliphatic heterocycles. The van der Waals surface area contributed by atoms with E-state index in [0.717, 1.165) is 6.20 Å². The molecule has 0 saturated heterocycles. The fourth-order valence-corrected chi connectivity index (χ4v) is 1.25. The van der Waals surface area contributed by atoms with Gasteiger partial charge in [0.25, 0.3) is 0 Å². The molecular weight excluding hydrogens is 250 g/mol. The first-order chi connectivity index (χ1) is 7.95. The lowest BCUT2D eigenvalue weighted by Gasteiger charge is -2.16. The molecule has 1 amide bonds. The fraction of sp³-hybridized carbons (Fsp3) is 0.375. The van der Waals surface area contributed by atoms with E-state index in [-0.39, 0.29) is 29.2 Å². The number of carbonyl (C=O) groups excluding carboxylic acids is 1. The van der Waals surface area contributed by atoms with Crippen molar-refractivity contribution in [3.05, 3.63) is 21.6 Å². The van der Waals surface area contributed by atoms with Gasteiger partial charge in [0.2, 0.25) is 17.0 Å². The quantitative estimate of drug-likeness (QED) is 0.471. The summed E-state index contributed by atoms with van der Waals surface area (Å²) in [5, 5.41) is 13.0. The molecular formula is C8H10ClN5O3. The number of nitrogens with zero attached hydrogens (tertiary/aromatic N) is 4. The van der Waals surface area contributed by atoms with E-state index in [0.29, 0.717) is 0 Å². The molecule has 0 aliphatic carbocycles. The molecule has 1 aromatic heterocycles. The SMILES string of the molecule is CNC(=O)CN(C)c1nc(Cl)ncc1[N+](=O)[O-]. The van der Waals surface area contributed by atoms with Gasteiger partial charge in [0.1, 0.15) is 6.20 Å². The van der Waals surface area contributed by atoms with Gasteiger partial charge >= 0.3 is 5.69 Å². The van der Waals surface area contributed by atoms with Crippen molar-refractivity contribution >= 4 is 29.0 Å². The summed E-state index contributed by atoms with van der Waals surface area (Å²) in [4.78, 5) is 29.9. The Morgan fingerprint density at radius 2 is 2.35 bits per heavy atom. The average Bonchev–Trinajstić information content (AvgIpc) is 2.28.